The third kappa shape index (κ3) is 2.86. The maximum Gasteiger partial charge on any atom is 0.328 e. The van der Waals surface area contributed by atoms with E-state index in [0.717, 1.165) is 24.9 Å². The molecular weight excluding hydrogens is 278 g/mol. The first kappa shape index (κ1) is 14.3. The summed E-state index contributed by atoms with van der Waals surface area (Å²) in [5.74, 6) is 0.683. The average molecular weight is 297 g/mol. The van der Waals surface area contributed by atoms with Crippen LogP contribution in [-0.4, -0.2) is 26.1 Å². The van der Waals surface area contributed by atoms with Gasteiger partial charge in [-0.05, 0) is 12.0 Å². The third-order valence-corrected chi connectivity index (χ3v) is 3.57. The molecule has 3 rings (SSSR count). The first-order valence-electron chi connectivity index (χ1n) is 7.51. The lowest BCUT2D eigenvalue weighted by molar-refractivity contribution is 0.777. The molecule has 0 amide bonds. The second-order valence-electron chi connectivity index (χ2n) is 5.20. The number of imidazole rings is 1. The van der Waals surface area contributed by atoms with E-state index < -0.39 is 0 Å². The lowest BCUT2D eigenvalue weighted by atomic mass is 10.2. The number of hydrogen-bond donors (Lipinski definition) is 2. The Bertz CT molecular complexity index is 806. The van der Waals surface area contributed by atoms with Gasteiger partial charge in [-0.15, -0.1) is 0 Å². The number of fused-ring (bicyclic) bond motifs is 1. The summed E-state index contributed by atoms with van der Waals surface area (Å²) >= 11 is 0. The van der Waals surface area contributed by atoms with Gasteiger partial charge in [0.05, 0.1) is 6.54 Å². The van der Waals surface area contributed by atoms with Gasteiger partial charge in [0.2, 0.25) is 0 Å². The van der Waals surface area contributed by atoms with E-state index in [0.29, 0.717) is 23.5 Å². The van der Waals surface area contributed by atoms with Crippen LogP contribution in [0, 0.1) is 0 Å². The lowest BCUT2D eigenvalue weighted by Crippen LogP contribution is -2.17. The first-order valence-corrected chi connectivity index (χ1v) is 7.51. The molecular formula is C16H19N5O. The minimum absolute atomic E-state index is 0.169. The smallest absolute Gasteiger partial charge is 0.328 e. The Morgan fingerprint density at radius 2 is 2.05 bits per heavy atom. The van der Waals surface area contributed by atoms with Gasteiger partial charge in [-0.2, -0.15) is 0 Å². The fourth-order valence-corrected chi connectivity index (χ4v) is 2.40. The van der Waals surface area contributed by atoms with Crippen LogP contribution >= 0.6 is 0 Å². The molecule has 114 valence electrons. The van der Waals surface area contributed by atoms with Crippen molar-refractivity contribution in [2.75, 3.05) is 11.9 Å². The zero-order chi connectivity index (χ0) is 15.4. The molecule has 0 saturated carbocycles. The summed E-state index contributed by atoms with van der Waals surface area (Å²) in [5, 5.41) is 3.26. The van der Waals surface area contributed by atoms with E-state index in [4.69, 9.17) is 0 Å². The second-order valence-corrected chi connectivity index (χ2v) is 5.20. The molecule has 0 saturated heterocycles. The number of rotatable bonds is 6. The van der Waals surface area contributed by atoms with Crippen LogP contribution in [0.1, 0.15) is 25.3 Å². The number of hydrogen-bond acceptors (Lipinski definition) is 4. The average Bonchev–Trinajstić information content (AvgIpc) is 2.86. The van der Waals surface area contributed by atoms with Gasteiger partial charge in [0.25, 0.3) is 0 Å². The topological polar surface area (TPSA) is 75.6 Å². The molecule has 2 heterocycles. The van der Waals surface area contributed by atoms with Gasteiger partial charge in [-0.3, -0.25) is 4.57 Å². The van der Waals surface area contributed by atoms with E-state index in [1.54, 1.807) is 4.57 Å². The number of aromatic nitrogens is 4. The highest BCUT2D eigenvalue weighted by Crippen LogP contribution is 2.16. The summed E-state index contributed by atoms with van der Waals surface area (Å²) in [4.78, 5) is 23.6. The van der Waals surface area contributed by atoms with E-state index in [-0.39, 0.29) is 5.69 Å². The molecule has 0 atom stereocenters. The molecule has 0 aliphatic carbocycles. The molecule has 3 aromatic rings. The summed E-state index contributed by atoms with van der Waals surface area (Å²) in [6.45, 7) is 3.45. The SMILES string of the molecule is CCCCNc1ncnc2c1[nH]c(=O)n2Cc1ccccc1. The molecule has 0 aliphatic rings. The highest BCUT2D eigenvalue weighted by molar-refractivity contribution is 5.82. The monoisotopic (exact) mass is 297 g/mol. The largest absolute Gasteiger partial charge is 0.368 e. The highest BCUT2D eigenvalue weighted by atomic mass is 16.1. The molecule has 0 unspecified atom stereocenters. The molecule has 0 spiro atoms. The van der Waals surface area contributed by atoms with Crippen LogP contribution in [0.4, 0.5) is 5.82 Å². The predicted octanol–water partition coefficient (Wildman–Crippen LogP) is 2.38. The summed E-state index contributed by atoms with van der Waals surface area (Å²) < 4.78 is 1.64. The zero-order valence-electron chi connectivity index (χ0n) is 12.5. The lowest BCUT2D eigenvalue weighted by Gasteiger charge is -2.06. The second kappa shape index (κ2) is 6.43. The molecule has 2 N–H and O–H groups in total. The number of aromatic amines is 1. The zero-order valence-corrected chi connectivity index (χ0v) is 12.5. The van der Waals surface area contributed by atoms with Gasteiger partial charge in [0, 0.05) is 6.54 Å². The van der Waals surface area contributed by atoms with Crippen LogP contribution in [0.3, 0.4) is 0 Å². The van der Waals surface area contributed by atoms with Gasteiger partial charge >= 0.3 is 5.69 Å². The van der Waals surface area contributed by atoms with Crippen molar-refractivity contribution >= 4 is 17.0 Å². The minimum atomic E-state index is -0.169. The number of nitrogens with one attached hydrogen (secondary N) is 2. The number of H-pyrrole nitrogens is 1. The first-order chi connectivity index (χ1) is 10.8. The quantitative estimate of drug-likeness (QED) is 0.685. The summed E-state index contributed by atoms with van der Waals surface area (Å²) in [5.41, 5.74) is 2.19. The standard InChI is InChI=1S/C16H19N5O/c1-2-3-9-17-14-13-15(19-11-18-14)21(16(22)20-13)10-12-7-5-4-6-8-12/h4-8,11H,2-3,9-10H2,1H3,(H,20,22)(H,17,18,19). The Labute approximate surface area is 128 Å². The van der Waals surface area contributed by atoms with Crippen LogP contribution < -0.4 is 11.0 Å². The van der Waals surface area contributed by atoms with Crippen LogP contribution in [-0.2, 0) is 6.54 Å². The van der Waals surface area contributed by atoms with Crippen molar-refractivity contribution in [3.8, 4) is 0 Å². The Kier molecular flexibility index (Phi) is 4.18. The van der Waals surface area contributed by atoms with Gasteiger partial charge in [-0.1, -0.05) is 43.7 Å². The maximum atomic E-state index is 12.2. The fourth-order valence-electron chi connectivity index (χ4n) is 2.40. The van der Waals surface area contributed by atoms with Crippen molar-refractivity contribution in [2.45, 2.75) is 26.3 Å². The highest BCUT2D eigenvalue weighted by Gasteiger charge is 2.12. The maximum absolute atomic E-state index is 12.2. The number of nitrogens with zero attached hydrogens (tertiary/aromatic N) is 3. The predicted molar refractivity (Wildman–Crippen MR) is 87.1 cm³/mol. The molecule has 6 nitrogen and oxygen atoms in total. The molecule has 22 heavy (non-hydrogen) atoms. The molecule has 1 aromatic carbocycles. The summed E-state index contributed by atoms with van der Waals surface area (Å²) in [6, 6.07) is 9.86. The van der Waals surface area contributed by atoms with Gasteiger partial charge in [0.1, 0.15) is 11.8 Å². The van der Waals surface area contributed by atoms with Gasteiger partial charge < -0.3 is 10.3 Å². The number of unbranched alkanes of at least 4 members (excludes halogenated alkanes) is 1. The van der Waals surface area contributed by atoms with Gasteiger partial charge in [0.15, 0.2) is 11.5 Å². The third-order valence-electron chi connectivity index (χ3n) is 3.57. The van der Waals surface area contributed by atoms with E-state index in [2.05, 4.69) is 27.2 Å². The van der Waals surface area contributed by atoms with Crippen LogP contribution in [0.15, 0.2) is 41.5 Å². The Morgan fingerprint density at radius 3 is 2.82 bits per heavy atom. The summed E-state index contributed by atoms with van der Waals surface area (Å²) in [7, 11) is 0. The molecule has 0 radical (unpaired) electrons. The van der Waals surface area contributed by atoms with E-state index in [1.807, 2.05) is 30.3 Å². The van der Waals surface area contributed by atoms with E-state index >= 15 is 0 Å². The Morgan fingerprint density at radius 1 is 1.23 bits per heavy atom. The fraction of sp³-hybridized carbons (Fsp3) is 0.312. The van der Waals surface area contributed by atoms with Crippen molar-refractivity contribution in [2.24, 2.45) is 0 Å². The van der Waals surface area contributed by atoms with Crippen molar-refractivity contribution in [1.29, 1.82) is 0 Å². The Hall–Kier alpha value is -2.63. The molecule has 2 aromatic heterocycles. The number of benzene rings is 1. The van der Waals surface area contributed by atoms with Crippen LogP contribution in [0.5, 0.6) is 0 Å². The van der Waals surface area contributed by atoms with Crippen molar-refractivity contribution < 1.29 is 0 Å². The van der Waals surface area contributed by atoms with Crippen molar-refractivity contribution in [1.82, 2.24) is 19.5 Å². The molecule has 6 heteroatoms. The van der Waals surface area contributed by atoms with Crippen LogP contribution in [0.25, 0.3) is 11.2 Å². The molecule has 0 aliphatic heterocycles. The van der Waals surface area contributed by atoms with Crippen molar-refractivity contribution in [3.63, 3.8) is 0 Å². The Balaban J connectivity index is 1.96. The minimum Gasteiger partial charge on any atom is -0.368 e. The van der Waals surface area contributed by atoms with Crippen molar-refractivity contribution in [3.05, 3.63) is 52.7 Å². The summed E-state index contributed by atoms with van der Waals surface area (Å²) in [6.07, 6.45) is 3.65. The van der Waals surface area contributed by atoms with E-state index in [1.165, 1.54) is 6.33 Å². The molecule has 0 fully saturated rings. The van der Waals surface area contributed by atoms with Gasteiger partial charge in [-0.25, -0.2) is 14.8 Å². The van der Waals surface area contributed by atoms with E-state index in [9.17, 15) is 4.79 Å². The number of anilines is 1. The van der Waals surface area contributed by atoms with Crippen LogP contribution in [0.2, 0.25) is 0 Å². The molecule has 0 bridgehead atoms. The normalized spacial score (nSPS) is 11.0.